The lowest BCUT2D eigenvalue weighted by molar-refractivity contribution is 0.101. The lowest BCUT2D eigenvalue weighted by atomic mass is 10.0. The summed E-state index contributed by atoms with van der Waals surface area (Å²) in [5.74, 6) is -0.192. The van der Waals surface area contributed by atoms with E-state index in [0.29, 0.717) is 11.3 Å². The number of carbonyl (C=O) groups excluding carboxylic acids is 1. The van der Waals surface area contributed by atoms with Gasteiger partial charge in [0.25, 0.3) is 0 Å². The summed E-state index contributed by atoms with van der Waals surface area (Å²) in [5, 5.41) is 1.60. The van der Waals surface area contributed by atoms with Crippen LogP contribution in [0.15, 0.2) is 29.3 Å². The van der Waals surface area contributed by atoms with E-state index in [1.165, 1.54) is 13.0 Å². The molecule has 0 aliphatic heterocycles. The summed E-state index contributed by atoms with van der Waals surface area (Å²) in [7, 11) is -3.43. The van der Waals surface area contributed by atoms with Crippen molar-refractivity contribution in [1.82, 2.24) is 9.97 Å². The Morgan fingerprint density at radius 2 is 1.96 bits per heavy atom. The van der Waals surface area contributed by atoms with Crippen LogP contribution in [0.2, 0.25) is 0 Å². The number of aromatic nitrogens is 2. The number of sulfone groups is 1. The topological polar surface area (TPSA) is 77.0 Å². The van der Waals surface area contributed by atoms with Gasteiger partial charge in [-0.1, -0.05) is 25.1 Å². The first-order chi connectivity index (χ1) is 11.3. The Bertz CT molecular complexity index is 1010. The lowest BCUT2D eigenvalue weighted by Gasteiger charge is -2.08. The predicted molar refractivity (Wildman–Crippen MR) is 94.7 cm³/mol. The van der Waals surface area contributed by atoms with E-state index in [1.54, 1.807) is 12.1 Å². The molecule has 2 heterocycles. The molecule has 0 saturated carbocycles. The van der Waals surface area contributed by atoms with Gasteiger partial charge in [0.2, 0.25) is 0 Å². The van der Waals surface area contributed by atoms with Gasteiger partial charge >= 0.3 is 0 Å². The number of ketones is 1. The molecular weight excluding hydrogens is 324 g/mol. The number of hydrogen-bond donors (Lipinski definition) is 0. The fraction of sp³-hybridized carbons (Fsp3) is 0.278. The van der Waals surface area contributed by atoms with E-state index in [2.05, 4.69) is 9.97 Å². The predicted octanol–water partition coefficient (Wildman–Crippen LogP) is 1.74. The van der Waals surface area contributed by atoms with Crippen LogP contribution >= 0.6 is 0 Å². The maximum Gasteiger partial charge on any atom is 0.192 e. The van der Waals surface area contributed by atoms with E-state index in [0.717, 1.165) is 23.2 Å². The molecule has 2 rings (SSSR count). The van der Waals surface area contributed by atoms with E-state index in [-0.39, 0.29) is 16.5 Å². The fourth-order valence-electron chi connectivity index (χ4n) is 2.39. The largest absolute Gasteiger partial charge is 0.293 e. The van der Waals surface area contributed by atoms with E-state index < -0.39 is 9.84 Å². The zero-order chi connectivity index (χ0) is 17.9. The van der Waals surface area contributed by atoms with Crippen molar-refractivity contribution in [1.29, 1.82) is 0 Å². The van der Waals surface area contributed by atoms with Gasteiger partial charge in [-0.15, -0.1) is 0 Å². The van der Waals surface area contributed by atoms with Crippen LogP contribution < -0.4 is 10.6 Å². The Morgan fingerprint density at radius 1 is 1.25 bits per heavy atom. The molecule has 0 amide bonds. The highest BCUT2D eigenvalue weighted by atomic mass is 32.2. The van der Waals surface area contributed by atoms with Crippen LogP contribution in [0.1, 0.15) is 37.7 Å². The van der Waals surface area contributed by atoms with Crippen molar-refractivity contribution < 1.29 is 13.2 Å². The van der Waals surface area contributed by atoms with Crippen molar-refractivity contribution in [3.8, 4) is 11.3 Å². The van der Waals surface area contributed by atoms with Crippen molar-refractivity contribution in [3.63, 3.8) is 0 Å². The second kappa shape index (κ2) is 7.05. The molecule has 0 saturated heterocycles. The molecule has 2 aromatic heterocycles. The minimum absolute atomic E-state index is 0.0262. The summed E-state index contributed by atoms with van der Waals surface area (Å²) in [6.07, 6.45) is 5.78. The summed E-state index contributed by atoms with van der Waals surface area (Å²) >= 11 is 0. The van der Waals surface area contributed by atoms with Gasteiger partial charge in [0.05, 0.1) is 11.0 Å². The fourth-order valence-corrected chi connectivity index (χ4v) is 2.98. The van der Waals surface area contributed by atoms with Crippen LogP contribution in [-0.2, 0) is 9.84 Å². The molecular formula is C18H20N2O3S. The highest BCUT2D eigenvalue weighted by Crippen LogP contribution is 2.20. The number of carbonyl (C=O) groups is 1. The van der Waals surface area contributed by atoms with E-state index in [9.17, 15) is 13.2 Å². The molecule has 126 valence electrons. The molecule has 6 heteroatoms. The van der Waals surface area contributed by atoms with E-state index in [4.69, 9.17) is 0 Å². The van der Waals surface area contributed by atoms with Gasteiger partial charge in [0.1, 0.15) is 5.69 Å². The van der Waals surface area contributed by atoms with Gasteiger partial charge in [-0.25, -0.2) is 18.4 Å². The quantitative estimate of drug-likeness (QED) is 0.790. The molecule has 0 spiro atoms. The Balaban J connectivity index is 2.86. The molecule has 5 nitrogen and oxygen atoms in total. The molecule has 24 heavy (non-hydrogen) atoms. The molecule has 0 aromatic carbocycles. The number of rotatable bonds is 4. The van der Waals surface area contributed by atoms with Gasteiger partial charge in [0.15, 0.2) is 20.6 Å². The minimum Gasteiger partial charge on any atom is -0.293 e. The van der Waals surface area contributed by atoms with Crippen molar-refractivity contribution in [3.05, 3.63) is 40.5 Å². The zero-order valence-electron chi connectivity index (χ0n) is 14.2. The molecule has 0 aliphatic carbocycles. The van der Waals surface area contributed by atoms with Crippen LogP contribution in [0.3, 0.4) is 0 Å². The minimum atomic E-state index is -3.43. The Morgan fingerprint density at radius 3 is 2.50 bits per heavy atom. The van der Waals surface area contributed by atoms with Crippen molar-refractivity contribution >= 4 is 27.8 Å². The highest BCUT2D eigenvalue weighted by molar-refractivity contribution is 7.90. The molecule has 0 radical (unpaired) electrons. The van der Waals surface area contributed by atoms with Crippen molar-refractivity contribution in [2.75, 3.05) is 6.26 Å². The second-order valence-corrected chi connectivity index (χ2v) is 7.41. The average molecular weight is 344 g/mol. The molecule has 2 aromatic rings. The maximum absolute atomic E-state index is 12.0. The third kappa shape index (κ3) is 3.76. The van der Waals surface area contributed by atoms with Crippen LogP contribution in [0.5, 0.6) is 0 Å². The second-order valence-electron chi connectivity index (χ2n) is 5.45. The smallest absolute Gasteiger partial charge is 0.192 e. The molecule has 0 aliphatic rings. The van der Waals surface area contributed by atoms with Crippen LogP contribution in [0, 0.1) is 0 Å². The number of Topliss-reactive ketones (excluding diaryl/α,β-unsaturated/α-hetero) is 1. The monoisotopic (exact) mass is 344 g/mol. The molecule has 0 N–H and O–H groups in total. The zero-order valence-corrected chi connectivity index (χ0v) is 15.0. The van der Waals surface area contributed by atoms with Crippen molar-refractivity contribution in [2.45, 2.75) is 32.2 Å². The van der Waals surface area contributed by atoms with Gasteiger partial charge in [0, 0.05) is 18.7 Å². The van der Waals surface area contributed by atoms with Gasteiger partial charge < -0.3 is 0 Å². The SMILES string of the molecule is CC=c1nc(C(C)=O)c(-c2cccc(S(C)(=O)=O)n2)cc1=CCC. The highest BCUT2D eigenvalue weighted by Gasteiger charge is 2.15. The lowest BCUT2D eigenvalue weighted by Crippen LogP contribution is -2.30. The summed E-state index contributed by atoms with van der Waals surface area (Å²) in [6.45, 7) is 5.32. The maximum atomic E-state index is 12.0. The van der Waals surface area contributed by atoms with Gasteiger partial charge in [-0.05, 0) is 36.8 Å². The van der Waals surface area contributed by atoms with Gasteiger partial charge in [-0.3, -0.25) is 4.79 Å². The summed E-state index contributed by atoms with van der Waals surface area (Å²) < 4.78 is 23.5. The van der Waals surface area contributed by atoms with Crippen LogP contribution in [0.4, 0.5) is 0 Å². The summed E-state index contributed by atoms with van der Waals surface area (Å²) in [5.41, 5.74) is 1.25. The van der Waals surface area contributed by atoms with E-state index >= 15 is 0 Å². The standard InChI is InChI=1S/C18H20N2O3S/c1-5-8-13-11-14(18(12(3)21)20-15(13)6-2)16-9-7-10-17(19-16)24(4,22)23/h6-11H,5H2,1-4H3. The number of pyridine rings is 2. The normalized spacial score (nSPS) is 13.3. The Labute approximate surface area is 141 Å². The first-order valence-electron chi connectivity index (χ1n) is 7.64. The Hall–Kier alpha value is -2.34. The average Bonchev–Trinajstić information content (AvgIpc) is 2.54. The third-order valence-corrected chi connectivity index (χ3v) is 4.48. The number of hydrogen-bond acceptors (Lipinski definition) is 5. The van der Waals surface area contributed by atoms with Crippen molar-refractivity contribution in [2.24, 2.45) is 0 Å². The van der Waals surface area contributed by atoms with Crippen LogP contribution in [0.25, 0.3) is 23.4 Å². The molecule has 0 fully saturated rings. The molecule has 0 bridgehead atoms. The third-order valence-electron chi connectivity index (χ3n) is 3.49. The van der Waals surface area contributed by atoms with Gasteiger partial charge in [-0.2, -0.15) is 0 Å². The van der Waals surface area contributed by atoms with E-state index in [1.807, 2.05) is 32.1 Å². The van der Waals surface area contributed by atoms with Crippen LogP contribution in [-0.4, -0.2) is 30.4 Å². The number of nitrogens with zero attached hydrogens (tertiary/aromatic N) is 2. The Kier molecular flexibility index (Phi) is 5.29. The summed E-state index contributed by atoms with van der Waals surface area (Å²) in [4.78, 5) is 20.7. The first-order valence-corrected chi connectivity index (χ1v) is 9.53. The summed E-state index contributed by atoms with van der Waals surface area (Å²) in [6, 6.07) is 6.58. The first kappa shape index (κ1) is 18.0. The molecule has 0 atom stereocenters. The molecule has 0 unspecified atom stereocenters.